The first kappa shape index (κ1) is 36.8. The second-order valence-corrected chi connectivity index (χ2v) is 16.9. The Morgan fingerprint density at radius 3 is 2.00 bits per heavy atom. The van der Waals surface area contributed by atoms with Gasteiger partial charge in [-0.1, -0.05) is 66.7 Å². The first-order valence-electron chi connectivity index (χ1n) is 17.4. The summed E-state index contributed by atoms with van der Waals surface area (Å²) in [6, 6.07) is 28.5. The van der Waals surface area contributed by atoms with Crippen LogP contribution in [-0.4, -0.2) is 87.9 Å². The van der Waals surface area contributed by atoms with Crippen LogP contribution >= 0.6 is 0 Å². The third kappa shape index (κ3) is 7.72. The van der Waals surface area contributed by atoms with Gasteiger partial charge in [0.2, 0.25) is 15.7 Å². The highest BCUT2D eigenvalue weighted by atomic mass is 32.2. The van der Waals surface area contributed by atoms with Crippen molar-refractivity contribution in [3.8, 4) is 11.5 Å². The fourth-order valence-corrected chi connectivity index (χ4v) is 9.78. The number of piperazine rings is 1. The topological polar surface area (TPSA) is 159 Å². The lowest BCUT2D eigenvalue weighted by Crippen LogP contribution is -2.55. The maximum atomic E-state index is 14.4. The van der Waals surface area contributed by atoms with Crippen LogP contribution in [0.2, 0.25) is 0 Å². The number of methoxy groups -OCH3 is 1. The van der Waals surface area contributed by atoms with Gasteiger partial charge in [-0.3, -0.25) is 10.1 Å². The normalized spacial score (nSPS) is 14.3. The number of para-hydroxylation sites is 2. The lowest BCUT2D eigenvalue weighted by molar-refractivity contribution is -0.133. The second-order valence-electron chi connectivity index (χ2n) is 13.1. The van der Waals surface area contributed by atoms with Crippen molar-refractivity contribution in [2.24, 2.45) is 0 Å². The summed E-state index contributed by atoms with van der Waals surface area (Å²) in [5, 5.41) is 15.7. The monoisotopic (exact) mass is 765 g/mol. The number of fused-ring (bicyclic) bond motifs is 2. The zero-order valence-corrected chi connectivity index (χ0v) is 31.1. The van der Waals surface area contributed by atoms with Crippen molar-refractivity contribution in [1.29, 1.82) is 0 Å². The Morgan fingerprint density at radius 2 is 1.35 bits per heavy atom. The number of ether oxygens (including phenoxy) is 1. The van der Waals surface area contributed by atoms with E-state index in [2.05, 4.69) is 20.2 Å². The third-order valence-electron chi connectivity index (χ3n) is 9.66. The van der Waals surface area contributed by atoms with Gasteiger partial charge >= 0.3 is 0 Å². The van der Waals surface area contributed by atoms with Gasteiger partial charge in [-0.25, -0.2) is 26.8 Å². The molecule has 1 atom stereocenters. The van der Waals surface area contributed by atoms with Crippen LogP contribution < -0.4 is 15.0 Å². The molecule has 2 N–H and O–H groups in total. The largest absolute Gasteiger partial charge is 0.508 e. The molecular weight excluding hydrogens is 727 g/mol. The molecule has 2 aromatic heterocycles. The number of aromatic hydroxyl groups is 1. The molecule has 1 unspecified atom stereocenters. The summed E-state index contributed by atoms with van der Waals surface area (Å²) >= 11 is 0. The number of hydrogen-bond donors (Lipinski definition) is 2. The highest BCUT2D eigenvalue weighted by molar-refractivity contribution is 7.91. The van der Waals surface area contributed by atoms with Crippen LogP contribution in [0.15, 0.2) is 126 Å². The Kier molecular flexibility index (Phi) is 10.5. The molecule has 12 nitrogen and oxygen atoms in total. The van der Waals surface area contributed by atoms with Crippen LogP contribution in [0.1, 0.15) is 11.1 Å². The van der Waals surface area contributed by atoms with E-state index in [1.54, 1.807) is 66.6 Å². The molecule has 0 radical (unpaired) electrons. The summed E-state index contributed by atoms with van der Waals surface area (Å²) in [7, 11) is -6.49. The predicted octanol–water partition coefficient (Wildman–Crippen LogP) is 4.75. The number of sulfone groups is 2. The summed E-state index contributed by atoms with van der Waals surface area (Å²) in [6.45, 7) is 1.74. The van der Waals surface area contributed by atoms with Gasteiger partial charge in [0.1, 0.15) is 17.4 Å². The fourth-order valence-electron chi connectivity index (χ4n) is 6.92. The number of carbonyl (C=O) groups is 1. The molecule has 3 heterocycles. The van der Waals surface area contributed by atoms with E-state index in [1.807, 2.05) is 36.4 Å². The van der Waals surface area contributed by atoms with E-state index in [-0.39, 0.29) is 33.7 Å². The number of nitrogens with one attached hydrogen (secondary N) is 1. The van der Waals surface area contributed by atoms with E-state index in [4.69, 9.17) is 4.74 Å². The number of pyridine rings is 2. The van der Waals surface area contributed by atoms with Gasteiger partial charge in [-0.05, 0) is 64.7 Å². The van der Waals surface area contributed by atoms with Crippen molar-refractivity contribution < 1.29 is 31.5 Å². The molecule has 6 aromatic rings. The number of aromatic nitrogens is 2. The van der Waals surface area contributed by atoms with Gasteiger partial charge in [-0.2, -0.15) is 0 Å². The van der Waals surface area contributed by atoms with E-state index in [9.17, 15) is 26.7 Å². The Bertz CT molecular complexity index is 2550. The molecule has 1 aliphatic heterocycles. The number of phenols is 1. The van der Waals surface area contributed by atoms with Crippen molar-refractivity contribution in [2.75, 3.05) is 44.1 Å². The van der Waals surface area contributed by atoms with Crippen LogP contribution in [0, 0.1) is 0 Å². The summed E-state index contributed by atoms with van der Waals surface area (Å²) in [6.07, 6.45) is 2.82. The number of phenolic OH excluding ortho intramolecular Hbond substituents is 1. The predicted molar refractivity (Wildman–Crippen MR) is 207 cm³/mol. The van der Waals surface area contributed by atoms with Gasteiger partial charge in [0, 0.05) is 49.3 Å². The molecule has 0 bridgehead atoms. The van der Waals surface area contributed by atoms with E-state index in [0.717, 1.165) is 11.4 Å². The van der Waals surface area contributed by atoms with Crippen LogP contribution in [0.5, 0.6) is 11.5 Å². The SMILES string of the molecule is COc1ccccc1N1CCN(C(=O)C(Cc2ccc(O)cc2CS(=O)(=O)c2nccc3ccccc23)NCS(=O)(=O)c2nccc3ccccc23)CC1. The highest BCUT2D eigenvalue weighted by Crippen LogP contribution is 2.30. The first-order chi connectivity index (χ1) is 26.0. The van der Waals surface area contributed by atoms with Gasteiger partial charge in [-0.15, -0.1) is 0 Å². The van der Waals surface area contributed by atoms with Crippen molar-refractivity contribution >= 4 is 52.8 Å². The number of nitrogens with zero attached hydrogens (tertiary/aromatic N) is 4. The smallest absolute Gasteiger partial charge is 0.240 e. The first-order valence-corrected chi connectivity index (χ1v) is 20.7. The molecule has 278 valence electrons. The molecule has 1 fully saturated rings. The van der Waals surface area contributed by atoms with Crippen molar-refractivity contribution in [3.05, 3.63) is 127 Å². The minimum Gasteiger partial charge on any atom is -0.508 e. The fraction of sp³-hybridized carbons (Fsp3) is 0.225. The number of rotatable bonds is 12. The third-order valence-corrected chi connectivity index (χ3v) is 12.7. The number of amides is 1. The number of carbonyl (C=O) groups excluding carboxylic acids is 1. The number of benzene rings is 4. The Labute approximate surface area is 313 Å². The van der Waals surface area contributed by atoms with E-state index >= 15 is 0 Å². The molecule has 7 rings (SSSR count). The molecule has 1 saturated heterocycles. The summed E-state index contributed by atoms with van der Waals surface area (Å²) in [5.74, 6) is -0.875. The standard InChI is InChI=1S/C40H39N5O7S2/c1-52-37-13-7-6-12-36(37)44-20-22-45(23-21-44)40(47)35(43-27-54(50,51)39-34-11-5-3-9-29(34)17-19-42-39)25-30-14-15-32(46)24-31(30)26-53(48,49)38-33-10-4-2-8-28(33)16-18-41-38/h2-19,24,35,43,46H,20-23,25-27H2,1H3. The molecule has 14 heteroatoms. The highest BCUT2D eigenvalue weighted by Gasteiger charge is 2.32. The van der Waals surface area contributed by atoms with Crippen LogP contribution in [0.4, 0.5) is 5.69 Å². The zero-order valence-electron chi connectivity index (χ0n) is 29.5. The van der Waals surface area contributed by atoms with Crippen LogP contribution in [0.3, 0.4) is 0 Å². The Balaban J connectivity index is 1.18. The van der Waals surface area contributed by atoms with E-state index < -0.39 is 37.3 Å². The average Bonchev–Trinajstić information content (AvgIpc) is 3.19. The van der Waals surface area contributed by atoms with E-state index in [1.165, 1.54) is 24.5 Å². The van der Waals surface area contributed by atoms with Gasteiger partial charge < -0.3 is 19.6 Å². The van der Waals surface area contributed by atoms with E-state index in [0.29, 0.717) is 53.3 Å². The summed E-state index contributed by atoms with van der Waals surface area (Å²) in [5.41, 5.74) is 1.63. The maximum Gasteiger partial charge on any atom is 0.240 e. The maximum absolute atomic E-state index is 14.4. The molecule has 4 aromatic carbocycles. The molecule has 1 amide bonds. The van der Waals surface area contributed by atoms with Crippen molar-refractivity contribution in [1.82, 2.24) is 20.2 Å². The molecule has 54 heavy (non-hydrogen) atoms. The van der Waals surface area contributed by atoms with Crippen molar-refractivity contribution in [3.63, 3.8) is 0 Å². The minimum atomic E-state index is -4.05. The summed E-state index contributed by atoms with van der Waals surface area (Å²) in [4.78, 5) is 26.6. The molecule has 1 aliphatic rings. The van der Waals surface area contributed by atoms with Crippen molar-refractivity contribution in [2.45, 2.75) is 28.3 Å². The molecule has 0 aliphatic carbocycles. The Morgan fingerprint density at radius 1 is 0.759 bits per heavy atom. The quantitative estimate of drug-likeness (QED) is 0.177. The Hall–Kier alpha value is -5.57. The number of anilines is 1. The second kappa shape index (κ2) is 15.4. The van der Waals surface area contributed by atoms with Gasteiger partial charge in [0.15, 0.2) is 19.9 Å². The zero-order chi connectivity index (χ0) is 37.9. The van der Waals surface area contributed by atoms with Gasteiger partial charge in [0.25, 0.3) is 0 Å². The summed E-state index contributed by atoms with van der Waals surface area (Å²) < 4.78 is 61.1. The number of hydrogen-bond acceptors (Lipinski definition) is 11. The molecular formula is C40H39N5O7S2. The van der Waals surface area contributed by atoms with Crippen LogP contribution in [0.25, 0.3) is 21.5 Å². The van der Waals surface area contributed by atoms with Gasteiger partial charge in [0.05, 0.1) is 24.6 Å². The lowest BCUT2D eigenvalue weighted by atomic mass is 9.99. The molecule has 0 spiro atoms. The average molecular weight is 766 g/mol. The lowest BCUT2D eigenvalue weighted by Gasteiger charge is -2.38. The van der Waals surface area contributed by atoms with Crippen LogP contribution in [-0.2, 0) is 36.6 Å². The molecule has 0 saturated carbocycles. The minimum absolute atomic E-state index is 0.0574.